The van der Waals surface area contributed by atoms with Crippen LogP contribution in [0, 0.1) is 17.0 Å². The summed E-state index contributed by atoms with van der Waals surface area (Å²) < 4.78 is 34.6. The lowest BCUT2D eigenvalue weighted by atomic mass is 10.0. The number of nitro benzene ring substituents is 1. The molecule has 3 aromatic rings. The van der Waals surface area contributed by atoms with Crippen molar-refractivity contribution in [3.8, 4) is 5.75 Å². The normalized spacial score (nSPS) is 12.2. The molecule has 0 spiro atoms. The van der Waals surface area contributed by atoms with Crippen molar-refractivity contribution >= 4 is 21.6 Å². The van der Waals surface area contributed by atoms with Crippen molar-refractivity contribution in [2.45, 2.75) is 17.9 Å². The summed E-state index contributed by atoms with van der Waals surface area (Å²) in [5.41, 5.74) is 1.45. The van der Waals surface area contributed by atoms with Crippen LogP contribution in [0.1, 0.15) is 21.5 Å². The summed E-state index contributed by atoms with van der Waals surface area (Å²) in [4.78, 5) is 22.7. The Morgan fingerprint density at radius 3 is 2.03 bits per heavy atom. The highest BCUT2D eigenvalue weighted by molar-refractivity contribution is 7.86. The molecule has 0 radical (unpaired) electrons. The fourth-order valence-electron chi connectivity index (χ4n) is 2.79. The van der Waals surface area contributed by atoms with Gasteiger partial charge in [-0.25, -0.2) is 0 Å². The number of rotatable bonds is 10. The predicted molar refractivity (Wildman–Crippen MR) is 119 cm³/mol. The second-order valence-electron chi connectivity index (χ2n) is 7.17. The number of ether oxygens (including phenoxy) is 1. The number of aliphatic hydroxyl groups excluding tert-OH is 1. The van der Waals surface area contributed by atoms with Gasteiger partial charge in [0.1, 0.15) is 18.5 Å². The molecule has 0 heterocycles. The molecule has 0 amide bonds. The number of non-ortho nitro benzene ring substituents is 1. The van der Waals surface area contributed by atoms with Crippen LogP contribution in [-0.4, -0.2) is 43.5 Å². The minimum absolute atomic E-state index is 0.00510. The van der Waals surface area contributed by atoms with Crippen molar-refractivity contribution in [2.75, 3.05) is 13.2 Å². The van der Waals surface area contributed by atoms with Gasteiger partial charge in [0.2, 0.25) is 0 Å². The van der Waals surface area contributed by atoms with Crippen molar-refractivity contribution in [1.29, 1.82) is 0 Å². The quantitative estimate of drug-likeness (QED) is 0.206. The first kappa shape index (κ1) is 24.1. The molecule has 0 fully saturated rings. The average molecular weight is 471 g/mol. The van der Waals surface area contributed by atoms with E-state index in [-0.39, 0.29) is 23.0 Å². The molecule has 9 nitrogen and oxygen atoms in total. The van der Waals surface area contributed by atoms with E-state index in [0.29, 0.717) is 16.9 Å². The molecule has 3 aromatic carbocycles. The maximum Gasteiger partial charge on any atom is 0.297 e. The minimum atomic E-state index is -3.99. The van der Waals surface area contributed by atoms with Crippen LogP contribution in [0.4, 0.5) is 5.69 Å². The third-order valence-electron chi connectivity index (χ3n) is 4.62. The topological polar surface area (TPSA) is 133 Å². The van der Waals surface area contributed by atoms with Crippen molar-refractivity contribution < 1.29 is 32.2 Å². The number of carbonyl (C=O) groups is 1. The average Bonchev–Trinajstić information content (AvgIpc) is 2.81. The number of carbonyl (C=O) groups excluding carboxylic acids is 1. The zero-order chi connectivity index (χ0) is 24.0. The molecule has 3 rings (SSSR count). The third-order valence-corrected chi connectivity index (χ3v) is 5.92. The summed E-state index contributed by atoms with van der Waals surface area (Å²) in [5.74, 6) is 0.0434. The first-order valence-electron chi connectivity index (χ1n) is 9.82. The van der Waals surface area contributed by atoms with Gasteiger partial charge in [0.25, 0.3) is 15.8 Å². The molecule has 33 heavy (non-hydrogen) atoms. The molecular weight excluding hydrogens is 450 g/mol. The van der Waals surface area contributed by atoms with Gasteiger partial charge in [-0.05, 0) is 55.5 Å². The minimum Gasteiger partial charge on any atom is -0.491 e. The monoisotopic (exact) mass is 471 g/mol. The fraction of sp³-hybridized carbons (Fsp3) is 0.174. The van der Waals surface area contributed by atoms with Gasteiger partial charge in [-0.15, -0.1) is 0 Å². The number of hydrogen-bond donors (Lipinski definition) is 1. The molecule has 0 saturated carbocycles. The molecule has 0 saturated heterocycles. The summed E-state index contributed by atoms with van der Waals surface area (Å²) in [6.07, 6.45) is -1.20. The van der Waals surface area contributed by atoms with E-state index in [0.717, 1.165) is 5.56 Å². The number of hydrogen-bond acceptors (Lipinski definition) is 8. The van der Waals surface area contributed by atoms with Gasteiger partial charge in [0, 0.05) is 23.3 Å². The summed E-state index contributed by atoms with van der Waals surface area (Å²) in [6, 6.07) is 17.5. The molecule has 172 valence electrons. The standard InChI is InChI=1S/C23H21NO8S/c1-16-2-12-22(13-3-16)33(29,30)32-15-20(25)14-31-21-10-6-18(7-11-21)23(26)17-4-8-19(9-5-17)24(27)28/h2-13,20,25H,14-15H2,1H3/t20-/m1/s1. The molecule has 1 N–H and O–H groups in total. The predicted octanol–water partition coefficient (Wildman–Crippen LogP) is 3.28. The number of ketones is 1. The van der Waals surface area contributed by atoms with Crippen molar-refractivity contribution in [3.05, 3.63) is 99.6 Å². The molecule has 0 aliphatic rings. The summed E-state index contributed by atoms with van der Waals surface area (Å²) in [5, 5.41) is 20.7. The van der Waals surface area contributed by atoms with E-state index >= 15 is 0 Å². The summed E-state index contributed by atoms with van der Waals surface area (Å²) in [6.45, 7) is 1.13. The molecule has 0 unspecified atom stereocenters. The van der Waals surface area contributed by atoms with Crippen LogP contribution in [-0.2, 0) is 14.3 Å². The number of aryl methyl sites for hydroxylation is 1. The van der Waals surface area contributed by atoms with Crippen LogP contribution >= 0.6 is 0 Å². The molecule has 1 atom stereocenters. The maximum absolute atomic E-state index is 12.5. The number of aliphatic hydroxyl groups is 1. The van der Waals surface area contributed by atoms with Crippen molar-refractivity contribution in [2.24, 2.45) is 0 Å². The van der Waals surface area contributed by atoms with Crippen molar-refractivity contribution in [1.82, 2.24) is 0 Å². The van der Waals surface area contributed by atoms with E-state index in [2.05, 4.69) is 0 Å². The third kappa shape index (κ3) is 6.45. The Bertz CT molecular complexity index is 1220. The molecular formula is C23H21NO8S. The van der Waals surface area contributed by atoms with Gasteiger partial charge in [-0.1, -0.05) is 17.7 Å². The lowest BCUT2D eigenvalue weighted by Gasteiger charge is -2.13. The van der Waals surface area contributed by atoms with Crippen LogP contribution < -0.4 is 4.74 Å². The highest BCUT2D eigenvalue weighted by atomic mass is 32.2. The molecule has 0 bridgehead atoms. The maximum atomic E-state index is 12.5. The molecule has 0 aliphatic heterocycles. The van der Waals surface area contributed by atoms with Gasteiger partial charge in [-0.3, -0.25) is 19.1 Å². The van der Waals surface area contributed by atoms with Crippen LogP contribution in [0.2, 0.25) is 0 Å². The van der Waals surface area contributed by atoms with E-state index in [4.69, 9.17) is 8.92 Å². The Labute approximate surface area is 190 Å². The second-order valence-corrected chi connectivity index (χ2v) is 8.79. The Balaban J connectivity index is 1.52. The first-order chi connectivity index (χ1) is 15.7. The Morgan fingerprint density at radius 1 is 0.939 bits per heavy atom. The zero-order valence-corrected chi connectivity index (χ0v) is 18.4. The molecule has 0 aromatic heterocycles. The van der Waals surface area contributed by atoms with Crippen molar-refractivity contribution in [3.63, 3.8) is 0 Å². The highest BCUT2D eigenvalue weighted by Crippen LogP contribution is 2.18. The van der Waals surface area contributed by atoms with Crippen LogP contribution in [0.25, 0.3) is 0 Å². The van der Waals surface area contributed by atoms with E-state index in [1.165, 1.54) is 60.7 Å². The first-order valence-corrected chi connectivity index (χ1v) is 11.2. The van der Waals surface area contributed by atoms with Crippen LogP contribution in [0.3, 0.4) is 0 Å². The smallest absolute Gasteiger partial charge is 0.297 e. The Hall–Kier alpha value is -3.60. The van der Waals surface area contributed by atoms with Crippen LogP contribution in [0.5, 0.6) is 5.75 Å². The van der Waals surface area contributed by atoms with E-state index in [9.17, 15) is 28.4 Å². The van der Waals surface area contributed by atoms with Gasteiger partial charge < -0.3 is 9.84 Å². The fourth-order valence-corrected chi connectivity index (χ4v) is 3.73. The second kappa shape index (κ2) is 10.3. The van der Waals surface area contributed by atoms with Gasteiger partial charge in [0.05, 0.1) is 16.4 Å². The Kier molecular flexibility index (Phi) is 7.54. The lowest BCUT2D eigenvalue weighted by Crippen LogP contribution is -2.25. The zero-order valence-electron chi connectivity index (χ0n) is 17.6. The highest BCUT2D eigenvalue weighted by Gasteiger charge is 2.18. The van der Waals surface area contributed by atoms with Gasteiger partial charge in [0.15, 0.2) is 5.78 Å². The molecule has 10 heteroatoms. The Morgan fingerprint density at radius 2 is 1.48 bits per heavy atom. The van der Waals surface area contributed by atoms with E-state index < -0.39 is 27.8 Å². The largest absolute Gasteiger partial charge is 0.491 e. The molecule has 0 aliphatic carbocycles. The summed E-state index contributed by atoms with van der Waals surface area (Å²) in [7, 11) is -3.99. The van der Waals surface area contributed by atoms with E-state index in [1.54, 1.807) is 12.1 Å². The van der Waals surface area contributed by atoms with E-state index in [1.807, 2.05) is 6.92 Å². The number of nitrogens with zero attached hydrogens (tertiary/aromatic N) is 1. The SMILES string of the molecule is Cc1ccc(S(=O)(=O)OC[C@H](O)COc2ccc(C(=O)c3ccc([N+](=O)[O-])cc3)cc2)cc1. The lowest BCUT2D eigenvalue weighted by molar-refractivity contribution is -0.384. The summed E-state index contributed by atoms with van der Waals surface area (Å²) >= 11 is 0. The number of benzene rings is 3. The number of nitro groups is 1. The van der Waals surface area contributed by atoms with Gasteiger partial charge in [-0.2, -0.15) is 8.42 Å². The van der Waals surface area contributed by atoms with Crippen LogP contribution in [0.15, 0.2) is 77.7 Å². The van der Waals surface area contributed by atoms with Gasteiger partial charge >= 0.3 is 0 Å².